The lowest BCUT2D eigenvalue weighted by Gasteiger charge is -2.07. The summed E-state index contributed by atoms with van der Waals surface area (Å²) in [6.45, 7) is 3.29. The highest BCUT2D eigenvalue weighted by Crippen LogP contribution is 2.11. The minimum absolute atomic E-state index is 0.0596. The van der Waals surface area contributed by atoms with Gasteiger partial charge < -0.3 is 0 Å². The van der Waals surface area contributed by atoms with E-state index in [2.05, 4.69) is 14.7 Å². The van der Waals surface area contributed by atoms with Crippen molar-refractivity contribution in [1.29, 1.82) is 0 Å². The van der Waals surface area contributed by atoms with Crippen molar-refractivity contribution in [2.24, 2.45) is 0 Å². The number of Topliss-reactive ketones (excluding diaryl/α,β-unsaturated/α-hetero) is 1. The van der Waals surface area contributed by atoms with Crippen LogP contribution in [0.4, 0.5) is 0 Å². The Morgan fingerprint density at radius 2 is 1.81 bits per heavy atom. The molecular weight excluding hydrogens is 290 g/mol. The second kappa shape index (κ2) is 6.11. The van der Waals surface area contributed by atoms with E-state index in [-0.39, 0.29) is 17.2 Å². The maximum absolute atomic E-state index is 12.1. The first-order valence-corrected chi connectivity index (χ1v) is 7.75. The Kier molecular flexibility index (Phi) is 4.44. The number of sulfonamides is 1. The fourth-order valence-electron chi connectivity index (χ4n) is 1.63. The molecule has 1 N–H and O–H groups in total. The lowest BCUT2D eigenvalue weighted by molar-refractivity contribution is 0.101. The van der Waals surface area contributed by atoms with E-state index in [1.54, 1.807) is 13.1 Å². The van der Waals surface area contributed by atoms with E-state index in [4.69, 9.17) is 0 Å². The van der Waals surface area contributed by atoms with Crippen molar-refractivity contribution < 1.29 is 13.2 Å². The first-order chi connectivity index (χ1) is 9.88. The summed E-state index contributed by atoms with van der Waals surface area (Å²) in [5.41, 5.74) is 1.77. The maximum atomic E-state index is 12.1. The molecule has 0 atom stereocenters. The van der Waals surface area contributed by atoms with Crippen LogP contribution in [0.25, 0.3) is 0 Å². The molecule has 110 valence electrons. The Labute approximate surface area is 123 Å². The Morgan fingerprint density at radius 3 is 2.33 bits per heavy atom. The zero-order chi connectivity index (χ0) is 15.5. The molecule has 0 saturated carbocycles. The van der Waals surface area contributed by atoms with Crippen LogP contribution in [-0.2, 0) is 16.6 Å². The molecule has 7 heteroatoms. The van der Waals surface area contributed by atoms with Gasteiger partial charge in [-0.25, -0.2) is 13.1 Å². The highest BCUT2D eigenvalue weighted by Gasteiger charge is 2.14. The molecule has 21 heavy (non-hydrogen) atoms. The van der Waals surface area contributed by atoms with Crippen molar-refractivity contribution in [3.05, 3.63) is 53.6 Å². The van der Waals surface area contributed by atoms with E-state index in [1.165, 1.54) is 37.4 Å². The molecule has 1 heterocycles. The van der Waals surface area contributed by atoms with Gasteiger partial charge in [0.15, 0.2) is 5.78 Å². The minimum Gasteiger partial charge on any atom is -0.295 e. The standard InChI is InChI=1S/C14H15N3O3S/c1-10-7-16-13(8-15-10)9-17-21(19,20)14-5-3-12(4-6-14)11(2)18/h3-8,17H,9H2,1-2H3. The monoisotopic (exact) mass is 305 g/mol. The molecule has 1 aromatic heterocycles. The normalized spacial score (nSPS) is 11.3. The number of benzene rings is 1. The number of hydrogen-bond acceptors (Lipinski definition) is 5. The average molecular weight is 305 g/mol. The number of rotatable bonds is 5. The molecule has 0 bridgehead atoms. The van der Waals surface area contributed by atoms with E-state index in [0.717, 1.165) is 5.69 Å². The summed E-state index contributed by atoms with van der Waals surface area (Å²) < 4.78 is 26.7. The number of carbonyl (C=O) groups is 1. The van der Waals surface area contributed by atoms with Gasteiger partial charge in [-0.05, 0) is 26.0 Å². The Balaban J connectivity index is 2.11. The van der Waals surface area contributed by atoms with Crippen molar-refractivity contribution in [2.45, 2.75) is 25.3 Å². The van der Waals surface area contributed by atoms with Crippen LogP contribution in [0.5, 0.6) is 0 Å². The topological polar surface area (TPSA) is 89.0 Å². The van der Waals surface area contributed by atoms with Gasteiger partial charge in [0, 0.05) is 11.8 Å². The Morgan fingerprint density at radius 1 is 1.14 bits per heavy atom. The predicted octanol–water partition coefficient (Wildman–Crippen LogP) is 1.47. The van der Waals surface area contributed by atoms with Crippen molar-refractivity contribution in [3.63, 3.8) is 0 Å². The maximum Gasteiger partial charge on any atom is 0.240 e. The molecule has 0 fully saturated rings. The van der Waals surface area contributed by atoms with Gasteiger partial charge in [0.05, 0.1) is 29.0 Å². The van der Waals surface area contributed by atoms with Gasteiger partial charge >= 0.3 is 0 Å². The second-order valence-electron chi connectivity index (χ2n) is 4.55. The van der Waals surface area contributed by atoms with Crippen LogP contribution in [0.15, 0.2) is 41.6 Å². The molecule has 2 aromatic rings. The van der Waals surface area contributed by atoms with Crippen LogP contribution in [0.1, 0.15) is 28.7 Å². The van der Waals surface area contributed by atoms with Crippen LogP contribution < -0.4 is 4.72 Å². The summed E-state index contributed by atoms with van der Waals surface area (Å²) >= 11 is 0. The van der Waals surface area contributed by atoms with Crippen molar-refractivity contribution in [3.8, 4) is 0 Å². The predicted molar refractivity (Wildman–Crippen MR) is 77.2 cm³/mol. The summed E-state index contributed by atoms with van der Waals surface area (Å²) in [7, 11) is -3.64. The summed E-state index contributed by atoms with van der Waals surface area (Å²) in [6.07, 6.45) is 3.10. The van der Waals surface area contributed by atoms with Crippen LogP contribution in [-0.4, -0.2) is 24.2 Å². The Bertz CT molecular complexity index is 738. The first kappa shape index (κ1) is 15.3. The summed E-state index contributed by atoms with van der Waals surface area (Å²) in [4.78, 5) is 19.4. The van der Waals surface area contributed by atoms with Crippen LogP contribution in [0.2, 0.25) is 0 Å². The molecule has 0 unspecified atom stereocenters. The summed E-state index contributed by atoms with van der Waals surface area (Å²) in [5, 5.41) is 0. The van der Waals surface area contributed by atoms with Gasteiger partial charge in [-0.3, -0.25) is 14.8 Å². The zero-order valence-corrected chi connectivity index (χ0v) is 12.5. The van der Waals surface area contributed by atoms with Gasteiger partial charge in [-0.2, -0.15) is 0 Å². The van der Waals surface area contributed by atoms with E-state index < -0.39 is 10.0 Å². The molecule has 1 aromatic carbocycles. The van der Waals surface area contributed by atoms with Gasteiger partial charge in [-0.1, -0.05) is 12.1 Å². The molecule has 6 nitrogen and oxygen atoms in total. The number of aromatic nitrogens is 2. The molecule has 0 spiro atoms. The molecule has 0 aliphatic rings. The molecule has 0 saturated heterocycles. The fourth-order valence-corrected chi connectivity index (χ4v) is 2.63. The number of hydrogen-bond donors (Lipinski definition) is 1. The molecule has 0 radical (unpaired) electrons. The molecule has 2 rings (SSSR count). The summed E-state index contributed by atoms with van der Waals surface area (Å²) in [6, 6.07) is 5.78. The third-order valence-electron chi connectivity index (χ3n) is 2.85. The van der Waals surface area contributed by atoms with Crippen molar-refractivity contribution >= 4 is 15.8 Å². The zero-order valence-electron chi connectivity index (χ0n) is 11.7. The second-order valence-corrected chi connectivity index (χ2v) is 6.32. The lowest BCUT2D eigenvalue weighted by atomic mass is 10.2. The largest absolute Gasteiger partial charge is 0.295 e. The van der Waals surface area contributed by atoms with E-state index in [0.29, 0.717) is 11.3 Å². The minimum atomic E-state index is -3.64. The number of nitrogens with zero attached hydrogens (tertiary/aromatic N) is 2. The molecular formula is C14H15N3O3S. The van der Waals surface area contributed by atoms with Gasteiger partial charge in [0.2, 0.25) is 10.0 Å². The van der Waals surface area contributed by atoms with Gasteiger partial charge in [-0.15, -0.1) is 0 Å². The van der Waals surface area contributed by atoms with E-state index >= 15 is 0 Å². The lowest BCUT2D eigenvalue weighted by Crippen LogP contribution is -2.23. The average Bonchev–Trinajstić information content (AvgIpc) is 2.47. The third kappa shape index (κ3) is 3.93. The number of carbonyl (C=O) groups excluding carboxylic acids is 1. The van der Waals surface area contributed by atoms with E-state index in [1.807, 2.05) is 0 Å². The molecule has 0 aliphatic carbocycles. The van der Waals surface area contributed by atoms with E-state index in [9.17, 15) is 13.2 Å². The highest BCUT2D eigenvalue weighted by molar-refractivity contribution is 7.89. The fraction of sp³-hybridized carbons (Fsp3) is 0.214. The highest BCUT2D eigenvalue weighted by atomic mass is 32.2. The van der Waals surface area contributed by atoms with Crippen molar-refractivity contribution in [2.75, 3.05) is 0 Å². The quantitative estimate of drug-likeness (QED) is 0.845. The van der Waals surface area contributed by atoms with Crippen LogP contribution in [0.3, 0.4) is 0 Å². The first-order valence-electron chi connectivity index (χ1n) is 6.27. The number of nitrogens with one attached hydrogen (secondary N) is 1. The third-order valence-corrected chi connectivity index (χ3v) is 4.27. The van der Waals surface area contributed by atoms with Crippen LogP contribution in [0, 0.1) is 6.92 Å². The number of ketones is 1. The molecule has 0 aliphatic heterocycles. The number of aryl methyl sites for hydroxylation is 1. The Hall–Kier alpha value is -2.12. The van der Waals surface area contributed by atoms with Gasteiger partial charge in [0.1, 0.15) is 0 Å². The SMILES string of the molecule is CC(=O)c1ccc(S(=O)(=O)NCc2cnc(C)cn2)cc1. The van der Waals surface area contributed by atoms with Crippen molar-refractivity contribution in [1.82, 2.24) is 14.7 Å². The smallest absolute Gasteiger partial charge is 0.240 e. The molecule has 0 amide bonds. The van der Waals surface area contributed by atoms with Crippen LogP contribution >= 0.6 is 0 Å². The summed E-state index contributed by atoms with van der Waals surface area (Å²) in [5.74, 6) is -0.109. The van der Waals surface area contributed by atoms with Gasteiger partial charge in [0.25, 0.3) is 0 Å².